The van der Waals surface area contributed by atoms with Gasteiger partial charge in [0.05, 0.1) is 6.07 Å². The van der Waals surface area contributed by atoms with Crippen LogP contribution >= 0.6 is 0 Å². The number of nitriles is 1. The summed E-state index contributed by atoms with van der Waals surface area (Å²) < 4.78 is 0. The molecule has 0 saturated carbocycles. The monoisotopic (exact) mass is 243 g/mol. The maximum atomic E-state index is 12.4. The maximum Gasteiger partial charge on any atom is 0.180 e. The van der Waals surface area contributed by atoms with E-state index in [0.29, 0.717) is 11.5 Å². The molecule has 0 fully saturated rings. The molecule has 96 valence electrons. The standard InChI is InChI=1S/C16H21NO/c1-10(2)13-7-6-12(5)14(8-13)16(18)15(9-17)11(3)4/h6-8,10-11,15H,1-5H3. The molecule has 0 radical (unpaired) electrons. The molecule has 0 aliphatic carbocycles. The normalized spacial score (nSPS) is 12.6. The summed E-state index contributed by atoms with van der Waals surface area (Å²) in [5.41, 5.74) is 2.79. The van der Waals surface area contributed by atoms with Crippen LogP contribution in [0.15, 0.2) is 18.2 Å². The number of carbonyl (C=O) groups is 1. The summed E-state index contributed by atoms with van der Waals surface area (Å²) in [6, 6.07) is 8.08. The molecular weight excluding hydrogens is 222 g/mol. The highest BCUT2D eigenvalue weighted by molar-refractivity contribution is 6.00. The van der Waals surface area contributed by atoms with Crippen molar-refractivity contribution >= 4 is 5.78 Å². The Morgan fingerprint density at radius 1 is 1.22 bits per heavy atom. The summed E-state index contributed by atoms with van der Waals surface area (Å²) in [5.74, 6) is -0.167. The molecule has 1 rings (SSSR count). The van der Waals surface area contributed by atoms with Crippen molar-refractivity contribution in [3.8, 4) is 6.07 Å². The summed E-state index contributed by atoms with van der Waals surface area (Å²) in [5, 5.41) is 9.13. The van der Waals surface area contributed by atoms with Gasteiger partial charge in [0.25, 0.3) is 0 Å². The van der Waals surface area contributed by atoms with Crippen LogP contribution in [0.1, 0.15) is 55.1 Å². The fourth-order valence-electron chi connectivity index (χ4n) is 1.94. The van der Waals surface area contributed by atoms with E-state index in [-0.39, 0.29) is 11.7 Å². The van der Waals surface area contributed by atoms with E-state index in [2.05, 4.69) is 19.9 Å². The van der Waals surface area contributed by atoms with Gasteiger partial charge in [0, 0.05) is 5.56 Å². The molecule has 0 heterocycles. The second-order valence-corrected chi connectivity index (χ2v) is 5.44. The van der Waals surface area contributed by atoms with E-state index < -0.39 is 5.92 Å². The van der Waals surface area contributed by atoms with Gasteiger partial charge in [-0.1, -0.05) is 39.8 Å². The molecule has 2 nitrogen and oxygen atoms in total. The molecule has 0 N–H and O–H groups in total. The Balaban J connectivity index is 3.20. The van der Waals surface area contributed by atoms with Crippen LogP contribution < -0.4 is 0 Å². The predicted octanol–water partition coefficient (Wildman–Crippen LogP) is 4.10. The Labute approximate surface area is 110 Å². The number of hydrogen-bond donors (Lipinski definition) is 0. The summed E-state index contributed by atoms with van der Waals surface area (Å²) >= 11 is 0. The van der Waals surface area contributed by atoms with E-state index in [9.17, 15) is 4.79 Å². The van der Waals surface area contributed by atoms with Crippen LogP contribution in [0.4, 0.5) is 0 Å². The minimum Gasteiger partial charge on any atom is -0.293 e. The highest BCUT2D eigenvalue weighted by Crippen LogP contribution is 2.23. The van der Waals surface area contributed by atoms with E-state index in [1.807, 2.05) is 39.0 Å². The van der Waals surface area contributed by atoms with Crippen LogP contribution in [-0.2, 0) is 0 Å². The van der Waals surface area contributed by atoms with Crippen LogP contribution in [-0.4, -0.2) is 5.78 Å². The lowest BCUT2D eigenvalue weighted by molar-refractivity contribution is 0.0923. The minimum absolute atomic E-state index is 0.0459. The van der Waals surface area contributed by atoms with Gasteiger partial charge in [-0.2, -0.15) is 5.26 Å². The Morgan fingerprint density at radius 3 is 2.28 bits per heavy atom. The molecule has 0 aliphatic rings. The van der Waals surface area contributed by atoms with Crippen molar-refractivity contribution in [1.29, 1.82) is 5.26 Å². The minimum atomic E-state index is -0.550. The van der Waals surface area contributed by atoms with E-state index >= 15 is 0 Å². The van der Waals surface area contributed by atoms with Crippen molar-refractivity contribution in [2.45, 2.75) is 40.5 Å². The fraction of sp³-hybridized carbons (Fsp3) is 0.500. The van der Waals surface area contributed by atoms with Gasteiger partial charge < -0.3 is 0 Å². The second-order valence-electron chi connectivity index (χ2n) is 5.44. The highest BCUT2D eigenvalue weighted by Gasteiger charge is 2.24. The molecule has 0 saturated heterocycles. The average Bonchev–Trinajstić information content (AvgIpc) is 2.29. The lowest BCUT2D eigenvalue weighted by atomic mass is 9.86. The van der Waals surface area contributed by atoms with Crippen LogP contribution in [0.2, 0.25) is 0 Å². The lowest BCUT2D eigenvalue weighted by Crippen LogP contribution is -2.19. The molecule has 18 heavy (non-hydrogen) atoms. The van der Waals surface area contributed by atoms with Crippen molar-refractivity contribution in [3.63, 3.8) is 0 Å². The summed E-state index contributed by atoms with van der Waals surface area (Å²) in [6.07, 6.45) is 0. The molecule has 0 aliphatic heterocycles. The zero-order valence-corrected chi connectivity index (χ0v) is 11.8. The van der Waals surface area contributed by atoms with E-state index in [1.54, 1.807) is 0 Å². The first kappa shape index (κ1) is 14.4. The fourth-order valence-corrected chi connectivity index (χ4v) is 1.94. The smallest absolute Gasteiger partial charge is 0.180 e. The number of hydrogen-bond acceptors (Lipinski definition) is 2. The third kappa shape index (κ3) is 2.98. The number of Topliss-reactive ketones (excluding diaryl/α,β-unsaturated/α-hetero) is 1. The quantitative estimate of drug-likeness (QED) is 0.747. The van der Waals surface area contributed by atoms with Gasteiger partial charge in [-0.3, -0.25) is 4.79 Å². The van der Waals surface area contributed by atoms with Crippen molar-refractivity contribution in [2.75, 3.05) is 0 Å². The molecule has 1 aromatic rings. The zero-order valence-electron chi connectivity index (χ0n) is 11.8. The van der Waals surface area contributed by atoms with Gasteiger partial charge in [0.2, 0.25) is 0 Å². The van der Waals surface area contributed by atoms with Gasteiger partial charge in [-0.25, -0.2) is 0 Å². The number of rotatable bonds is 4. The largest absolute Gasteiger partial charge is 0.293 e. The van der Waals surface area contributed by atoms with Crippen LogP contribution in [0.3, 0.4) is 0 Å². The van der Waals surface area contributed by atoms with E-state index in [0.717, 1.165) is 11.1 Å². The SMILES string of the molecule is Cc1ccc(C(C)C)cc1C(=O)C(C#N)C(C)C. The Hall–Kier alpha value is -1.62. The molecule has 1 aromatic carbocycles. The molecule has 2 heteroatoms. The zero-order chi connectivity index (χ0) is 13.9. The molecule has 0 bridgehead atoms. The lowest BCUT2D eigenvalue weighted by Gasteiger charge is -2.15. The first-order chi connectivity index (χ1) is 8.38. The number of ketones is 1. The van der Waals surface area contributed by atoms with E-state index in [1.165, 1.54) is 0 Å². The predicted molar refractivity (Wildman–Crippen MR) is 73.5 cm³/mol. The Kier molecular flexibility index (Phi) is 4.67. The number of nitrogens with zero attached hydrogens (tertiary/aromatic N) is 1. The Morgan fingerprint density at radius 2 is 1.83 bits per heavy atom. The number of carbonyl (C=O) groups excluding carboxylic acids is 1. The third-order valence-corrected chi connectivity index (χ3v) is 3.28. The first-order valence-corrected chi connectivity index (χ1v) is 6.42. The molecule has 0 spiro atoms. The van der Waals surface area contributed by atoms with Gasteiger partial charge in [-0.15, -0.1) is 0 Å². The third-order valence-electron chi connectivity index (χ3n) is 3.28. The molecule has 0 aromatic heterocycles. The molecule has 0 amide bonds. The van der Waals surface area contributed by atoms with Gasteiger partial charge >= 0.3 is 0 Å². The van der Waals surface area contributed by atoms with Gasteiger partial charge in [-0.05, 0) is 36.0 Å². The number of aryl methyl sites for hydroxylation is 1. The molecule has 1 unspecified atom stereocenters. The molecular formula is C16H21NO. The molecule has 1 atom stereocenters. The van der Waals surface area contributed by atoms with Crippen molar-refractivity contribution in [3.05, 3.63) is 34.9 Å². The van der Waals surface area contributed by atoms with Crippen LogP contribution in [0.25, 0.3) is 0 Å². The maximum absolute atomic E-state index is 12.4. The summed E-state index contributed by atoms with van der Waals surface area (Å²) in [6.45, 7) is 9.94. The highest BCUT2D eigenvalue weighted by atomic mass is 16.1. The van der Waals surface area contributed by atoms with Crippen molar-refractivity contribution < 1.29 is 4.79 Å². The summed E-state index contributed by atoms with van der Waals surface area (Å²) in [7, 11) is 0. The van der Waals surface area contributed by atoms with E-state index in [4.69, 9.17) is 5.26 Å². The number of benzene rings is 1. The summed E-state index contributed by atoms with van der Waals surface area (Å²) in [4.78, 5) is 12.4. The van der Waals surface area contributed by atoms with Crippen molar-refractivity contribution in [1.82, 2.24) is 0 Å². The second kappa shape index (κ2) is 5.82. The van der Waals surface area contributed by atoms with Crippen molar-refractivity contribution in [2.24, 2.45) is 11.8 Å². The van der Waals surface area contributed by atoms with Gasteiger partial charge in [0.1, 0.15) is 5.92 Å². The Bertz CT molecular complexity index is 480. The first-order valence-electron chi connectivity index (χ1n) is 6.42. The van der Waals surface area contributed by atoms with Crippen LogP contribution in [0.5, 0.6) is 0 Å². The topological polar surface area (TPSA) is 40.9 Å². The van der Waals surface area contributed by atoms with Crippen LogP contribution in [0, 0.1) is 30.1 Å². The average molecular weight is 243 g/mol. The van der Waals surface area contributed by atoms with Gasteiger partial charge in [0.15, 0.2) is 5.78 Å².